The average molecular weight is 557 g/mol. The number of anilines is 2. The molecule has 3 aliphatic rings. The van der Waals surface area contributed by atoms with Gasteiger partial charge in [0.15, 0.2) is 13.9 Å². The predicted octanol–water partition coefficient (Wildman–Crippen LogP) is 4.50. The summed E-state index contributed by atoms with van der Waals surface area (Å²) in [5.41, 5.74) is 2.85. The van der Waals surface area contributed by atoms with Crippen molar-refractivity contribution in [2.75, 3.05) is 11.5 Å². The van der Waals surface area contributed by atoms with E-state index in [1.165, 1.54) is 0 Å². The van der Waals surface area contributed by atoms with Crippen molar-refractivity contribution in [3.8, 4) is 0 Å². The first-order chi connectivity index (χ1) is 19.2. The van der Waals surface area contributed by atoms with Crippen molar-refractivity contribution < 1.29 is 24.2 Å². The molecule has 5 atom stereocenters. The van der Waals surface area contributed by atoms with Crippen LogP contribution in [0.3, 0.4) is 0 Å². The molecule has 3 aliphatic heterocycles. The molecule has 3 aromatic carbocycles. The zero-order valence-corrected chi connectivity index (χ0v) is 24.2. The Morgan fingerprint density at radius 2 is 1.65 bits per heavy atom. The molecule has 1 saturated heterocycles. The van der Waals surface area contributed by atoms with Gasteiger partial charge in [0.1, 0.15) is 0 Å². The lowest BCUT2D eigenvalue weighted by Crippen LogP contribution is -2.48. The maximum Gasteiger partial charge on any atom is 0.268 e. The second kappa shape index (κ2) is 9.96. The molecule has 0 aromatic heterocycles. The number of para-hydroxylation sites is 2. The van der Waals surface area contributed by atoms with E-state index in [2.05, 4.69) is 0 Å². The smallest absolute Gasteiger partial charge is 0.268 e. The fraction of sp³-hybridized carbons (Fsp3) is 0.375. The minimum atomic E-state index is -2.91. The molecule has 0 bridgehead atoms. The van der Waals surface area contributed by atoms with Crippen molar-refractivity contribution >= 4 is 31.5 Å². The van der Waals surface area contributed by atoms with Gasteiger partial charge in [-0.15, -0.1) is 0 Å². The number of ether oxygens (including phenoxy) is 1. The second-order valence-corrected chi connectivity index (χ2v) is 15.9. The number of hydrogen-bond donors (Lipinski definition) is 2. The number of aliphatic hydroxyl groups excluding tert-OH is 1. The number of fused-ring (bicyclic) bond motifs is 3. The fourth-order valence-electron chi connectivity index (χ4n) is 7.32. The predicted molar refractivity (Wildman–Crippen MR) is 155 cm³/mol. The van der Waals surface area contributed by atoms with Gasteiger partial charge >= 0.3 is 0 Å². The van der Waals surface area contributed by atoms with Gasteiger partial charge in [0.2, 0.25) is 5.91 Å². The summed E-state index contributed by atoms with van der Waals surface area (Å²) in [5, 5.41) is 10.2. The quantitative estimate of drug-likeness (QED) is 0.452. The highest BCUT2D eigenvalue weighted by molar-refractivity contribution is 6.71. The zero-order chi connectivity index (χ0) is 28.2. The minimum absolute atomic E-state index is 0.0349. The van der Waals surface area contributed by atoms with Gasteiger partial charge in [-0.3, -0.25) is 14.5 Å². The maximum absolute atomic E-state index is 14.4. The number of rotatable bonds is 5. The summed E-state index contributed by atoms with van der Waals surface area (Å²) >= 11 is 0. The molecule has 3 aromatic rings. The fourth-order valence-corrected chi connectivity index (χ4v) is 9.88. The third-order valence-electron chi connectivity index (χ3n) is 9.08. The Labute approximate surface area is 236 Å². The highest BCUT2D eigenvalue weighted by Crippen LogP contribution is 2.60. The topological polar surface area (TPSA) is 90.3 Å². The van der Waals surface area contributed by atoms with Crippen LogP contribution in [0.25, 0.3) is 0 Å². The van der Waals surface area contributed by atoms with Gasteiger partial charge < -0.3 is 19.5 Å². The van der Waals surface area contributed by atoms with Gasteiger partial charge in [0.25, 0.3) is 5.91 Å². The van der Waals surface area contributed by atoms with Crippen LogP contribution in [0.5, 0.6) is 0 Å². The summed E-state index contributed by atoms with van der Waals surface area (Å²) in [6.07, 6.45) is -0.0163. The minimum Gasteiger partial charge on any atom is -0.432 e. The summed E-state index contributed by atoms with van der Waals surface area (Å²) in [6, 6.07) is 24.9. The molecule has 0 radical (unpaired) electrons. The number of carbonyl (C=O) groups is 2. The van der Waals surface area contributed by atoms with Crippen LogP contribution >= 0.6 is 0 Å². The first kappa shape index (κ1) is 26.9. The number of hydrogen-bond acceptors (Lipinski definition) is 5. The first-order valence-electron chi connectivity index (χ1n) is 14.0. The van der Waals surface area contributed by atoms with Crippen LogP contribution in [0, 0.1) is 5.92 Å². The summed E-state index contributed by atoms with van der Waals surface area (Å²) in [4.78, 5) is 43.3. The van der Waals surface area contributed by atoms with Gasteiger partial charge in [-0.25, -0.2) is 0 Å². The van der Waals surface area contributed by atoms with Crippen molar-refractivity contribution in [2.45, 2.75) is 62.7 Å². The Bertz CT molecular complexity index is 1440. The molecule has 7 nitrogen and oxygen atoms in total. The van der Waals surface area contributed by atoms with Crippen LogP contribution in [0.15, 0.2) is 78.9 Å². The van der Waals surface area contributed by atoms with Crippen LogP contribution in [-0.4, -0.2) is 53.7 Å². The molecule has 6 rings (SSSR count). The van der Waals surface area contributed by atoms with Gasteiger partial charge in [0.05, 0.1) is 30.9 Å². The van der Waals surface area contributed by atoms with Crippen LogP contribution in [-0.2, 0) is 32.9 Å². The summed E-state index contributed by atoms with van der Waals surface area (Å²) in [7, 11) is -2.91. The molecule has 8 heteroatoms. The standard InChI is InChI=1S/C32H36N2O5Si/c1-21-30(40(2,3)38)28(18-29(36)33-19-23-12-8-7-11-22(23)17-25(33)20-35)39-32(21)26-15-9-10-16-27(26)34(31(32)37)24-13-5-4-6-14-24/h4-16,21,25,28,30,35,38H,17-20H2,1-3H3/t21-,25-,28+,30-,32+/m0/s1. The van der Waals surface area contributed by atoms with Crippen molar-refractivity contribution in [1.82, 2.24) is 4.90 Å². The highest BCUT2D eigenvalue weighted by atomic mass is 28.4. The van der Waals surface area contributed by atoms with Gasteiger partial charge in [-0.2, -0.15) is 0 Å². The first-order valence-corrected chi connectivity index (χ1v) is 17.1. The van der Waals surface area contributed by atoms with Crippen LogP contribution in [0.4, 0.5) is 11.4 Å². The SMILES string of the molecule is C[C@H]1[C@H]([Si](C)(C)O)[C@@H](CC(=O)N2Cc3ccccc3C[C@H]2CO)O[C@]12C(=O)N(c1ccccc1)c1ccccc12. The molecular weight excluding hydrogens is 520 g/mol. The lowest BCUT2D eigenvalue weighted by atomic mass is 9.82. The van der Waals surface area contributed by atoms with E-state index in [1.54, 1.807) is 9.80 Å². The normalized spacial score (nSPS) is 27.7. The molecule has 2 N–H and O–H groups in total. The highest BCUT2D eigenvalue weighted by Gasteiger charge is 2.66. The third kappa shape index (κ3) is 4.13. The Hall–Kier alpha value is -3.30. The van der Waals surface area contributed by atoms with Crippen molar-refractivity contribution in [2.24, 2.45) is 5.92 Å². The molecule has 208 valence electrons. The van der Waals surface area contributed by atoms with Gasteiger partial charge in [-0.1, -0.05) is 67.6 Å². The summed E-state index contributed by atoms with van der Waals surface area (Å²) in [5.74, 6) is -0.675. The van der Waals surface area contributed by atoms with Gasteiger partial charge in [0, 0.05) is 29.3 Å². The van der Waals surface area contributed by atoms with E-state index in [-0.39, 0.29) is 42.3 Å². The van der Waals surface area contributed by atoms with E-state index in [0.29, 0.717) is 13.0 Å². The molecule has 2 amide bonds. The molecule has 0 saturated carbocycles. The largest absolute Gasteiger partial charge is 0.432 e. The lowest BCUT2D eigenvalue weighted by molar-refractivity contribution is -0.150. The van der Waals surface area contributed by atoms with E-state index in [1.807, 2.05) is 98.9 Å². The second-order valence-electron chi connectivity index (χ2n) is 11.9. The molecule has 0 unspecified atom stereocenters. The number of carbonyl (C=O) groups excluding carboxylic acids is 2. The Morgan fingerprint density at radius 1 is 1.00 bits per heavy atom. The number of nitrogens with zero attached hydrogens (tertiary/aromatic N) is 2. The van der Waals surface area contributed by atoms with E-state index in [4.69, 9.17) is 4.74 Å². The van der Waals surface area contributed by atoms with Crippen LogP contribution in [0.2, 0.25) is 18.6 Å². The molecule has 0 aliphatic carbocycles. The Kier molecular flexibility index (Phi) is 6.69. The average Bonchev–Trinajstić information content (AvgIpc) is 3.38. The number of aliphatic hydroxyl groups is 1. The third-order valence-corrected chi connectivity index (χ3v) is 11.6. The zero-order valence-electron chi connectivity index (χ0n) is 23.2. The summed E-state index contributed by atoms with van der Waals surface area (Å²) < 4.78 is 6.83. The maximum atomic E-state index is 14.4. The van der Waals surface area contributed by atoms with Crippen molar-refractivity contribution in [3.63, 3.8) is 0 Å². The van der Waals surface area contributed by atoms with E-state index >= 15 is 0 Å². The molecule has 1 spiro atoms. The van der Waals surface area contributed by atoms with Crippen LogP contribution < -0.4 is 4.90 Å². The Balaban J connectivity index is 1.37. The molecular formula is C32H36N2O5Si. The molecule has 1 fully saturated rings. The van der Waals surface area contributed by atoms with Crippen molar-refractivity contribution in [1.29, 1.82) is 0 Å². The van der Waals surface area contributed by atoms with E-state index < -0.39 is 20.0 Å². The van der Waals surface area contributed by atoms with E-state index in [0.717, 1.165) is 28.1 Å². The number of amides is 2. The summed E-state index contributed by atoms with van der Waals surface area (Å²) in [6.45, 7) is 6.00. The van der Waals surface area contributed by atoms with Crippen LogP contribution in [0.1, 0.15) is 30.0 Å². The molecule has 3 heterocycles. The lowest BCUT2D eigenvalue weighted by Gasteiger charge is -2.37. The monoisotopic (exact) mass is 556 g/mol. The molecule has 40 heavy (non-hydrogen) atoms. The Morgan fingerprint density at radius 3 is 2.35 bits per heavy atom. The van der Waals surface area contributed by atoms with E-state index in [9.17, 15) is 19.5 Å². The number of benzene rings is 3. The van der Waals surface area contributed by atoms with Crippen molar-refractivity contribution in [3.05, 3.63) is 95.6 Å². The van der Waals surface area contributed by atoms with Gasteiger partial charge in [-0.05, 0) is 48.8 Å².